The van der Waals surface area contributed by atoms with Gasteiger partial charge < -0.3 is 19.8 Å². The van der Waals surface area contributed by atoms with Crippen LogP contribution in [0.5, 0.6) is 11.5 Å². The molecule has 0 spiro atoms. The van der Waals surface area contributed by atoms with Crippen molar-refractivity contribution in [3.05, 3.63) is 57.9 Å². The summed E-state index contributed by atoms with van der Waals surface area (Å²) in [6, 6.07) is 14.3. The van der Waals surface area contributed by atoms with Crippen LogP contribution < -0.4 is 15.2 Å². The highest BCUT2D eigenvalue weighted by molar-refractivity contribution is 14.1. The minimum Gasteiger partial charge on any atom is -0.454 e. The quantitative estimate of drug-likeness (QED) is 0.399. The molecule has 0 radical (unpaired) electrons. The highest BCUT2D eigenvalue weighted by atomic mass is 127. The molecule has 2 aromatic heterocycles. The molecule has 5 rings (SSSR count). The number of hydrogen-bond acceptors (Lipinski definition) is 7. The van der Waals surface area contributed by atoms with Crippen molar-refractivity contribution in [1.82, 2.24) is 19.5 Å². The second-order valence-electron chi connectivity index (χ2n) is 6.45. The summed E-state index contributed by atoms with van der Waals surface area (Å²) in [5, 5.41) is 0.819. The number of halogens is 1. The number of ether oxygens (including phenoxy) is 2. The van der Waals surface area contributed by atoms with Crippen LogP contribution in [0.2, 0.25) is 0 Å². The van der Waals surface area contributed by atoms with Gasteiger partial charge >= 0.3 is 0 Å². The highest BCUT2D eigenvalue weighted by Crippen LogP contribution is 2.41. The summed E-state index contributed by atoms with van der Waals surface area (Å²) in [5.74, 6) is 1.90. The molecule has 146 valence electrons. The third-order valence-corrected chi connectivity index (χ3v) is 6.93. The van der Waals surface area contributed by atoms with Gasteiger partial charge in [0.1, 0.15) is 6.33 Å². The highest BCUT2D eigenvalue weighted by Gasteiger charge is 2.20. The van der Waals surface area contributed by atoms with Gasteiger partial charge in [-0.15, -0.1) is 0 Å². The fourth-order valence-electron chi connectivity index (χ4n) is 3.17. The van der Waals surface area contributed by atoms with Crippen LogP contribution >= 0.6 is 34.4 Å². The van der Waals surface area contributed by atoms with Gasteiger partial charge in [-0.2, -0.15) is 0 Å². The Morgan fingerprint density at radius 1 is 1.10 bits per heavy atom. The van der Waals surface area contributed by atoms with E-state index in [2.05, 4.69) is 49.3 Å². The third kappa shape index (κ3) is 3.60. The molecule has 3 heterocycles. The molecular weight excluding hydrogens is 501 g/mol. The molecule has 9 heteroatoms. The van der Waals surface area contributed by atoms with Crippen LogP contribution in [0.15, 0.2) is 58.8 Å². The van der Waals surface area contributed by atoms with E-state index in [1.807, 2.05) is 30.3 Å². The molecule has 29 heavy (non-hydrogen) atoms. The lowest BCUT2D eigenvalue weighted by atomic mass is 10.1. The minimum atomic E-state index is 0.251. The maximum atomic E-state index is 6.07. The van der Waals surface area contributed by atoms with Crippen molar-refractivity contribution in [2.75, 3.05) is 12.5 Å². The van der Waals surface area contributed by atoms with Gasteiger partial charge in [0, 0.05) is 15.0 Å². The lowest BCUT2D eigenvalue weighted by Crippen LogP contribution is -2.04. The average Bonchev–Trinajstić information content (AvgIpc) is 3.32. The van der Waals surface area contributed by atoms with Crippen molar-refractivity contribution >= 4 is 51.3 Å². The third-order valence-electron chi connectivity index (χ3n) is 4.62. The van der Waals surface area contributed by atoms with E-state index in [0.717, 1.165) is 43.7 Å². The minimum absolute atomic E-state index is 0.251. The number of aryl methyl sites for hydroxylation is 2. The first kappa shape index (κ1) is 18.5. The standard InChI is InChI=1S/C20H16IN5O2S/c21-13-8-14-15(28-11-27-14)9-16(13)29-20-25-17-18(22)23-10-24-19(17)26(20)7-6-12-4-2-1-3-5-12/h1-5,8-10H,6-7,11H2,(H2,22,23,24). The first-order chi connectivity index (χ1) is 14.2. The number of rotatable bonds is 5. The largest absolute Gasteiger partial charge is 0.454 e. The molecule has 2 aromatic carbocycles. The molecule has 0 bridgehead atoms. The van der Waals surface area contributed by atoms with Gasteiger partial charge in [0.05, 0.1) is 0 Å². The Morgan fingerprint density at radius 3 is 2.72 bits per heavy atom. The first-order valence-corrected chi connectivity index (χ1v) is 10.9. The number of aromatic nitrogens is 4. The second kappa shape index (κ2) is 7.71. The number of anilines is 1. The molecule has 1 aliphatic rings. The molecule has 0 saturated heterocycles. The van der Waals surface area contributed by atoms with Crippen molar-refractivity contribution in [3.63, 3.8) is 0 Å². The lowest BCUT2D eigenvalue weighted by molar-refractivity contribution is 0.174. The number of nitrogen functional groups attached to an aromatic ring is 1. The summed E-state index contributed by atoms with van der Waals surface area (Å²) in [4.78, 5) is 14.3. The molecular formula is C20H16IN5O2S. The summed E-state index contributed by atoms with van der Waals surface area (Å²) in [5.41, 5.74) is 8.69. The molecule has 0 unspecified atom stereocenters. The molecule has 0 aliphatic carbocycles. The van der Waals surface area contributed by atoms with Crippen LogP contribution in [0.25, 0.3) is 11.2 Å². The summed E-state index contributed by atoms with van der Waals surface area (Å²) >= 11 is 3.86. The maximum Gasteiger partial charge on any atom is 0.231 e. The van der Waals surface area contributed by atoms with Gasteiger partial charge in [0.15, 0.2) is 33.6 Å². The topological polar surface area (TPSA) is 88.1 Å². The Morgan fingerprint density at radius 2 is 1.90 bits per heavy atom. The fourth-order valence-corrected chi connectivity index (χ4v) is 4.89. The zero-order chi connectivity index (χ0) is 19.8. The average molecular weight is 517 g/mol. The van der Waals surface area contributed by atoms with Crippen LogP contribution in [0.3, 0.4) is 0 Å². The van der Waals surface area contributed by atoms with E-state index < -0.39 is 0 Å². The molecule has 0 atom stereocenters. The van der Waals surface area contributed by atoms with E-state index in [-0.39, 0.29) is 6.79 Å². The molecule has 4 aromatic rings. The van der Waals surface area contributed by atoms with E-state index in [1.54, 1.807) is 11.8 Å². The Hall–Kier alpha value is -2.53. The number of fused-ring (bicyclic) bond motifs is 2. The molecule has 1 aliphatic heterocycles. The zero-order valence-corrected chi connectivity index (χ0v) is 18.2. The Labute approximate surface area is 184 Å². The number of hydrogen-bond donors (Lipinski definition) is 1. The second-order valence-corrected chi connectivity index (χ2v) is 8.62. The van der Waals surface area contributed by atoms with Crippen LogP contribution in [0, 0.1) is 3.57 Å². The zero-order valence-electron chi connectivity index (χ0n) is 15.2. The van der Waals surface area contributed by atoms with Crippen LogP contribution in [-0.4, -0.2) is 26.3 Å². The van der Waals surface area contributed by atoms with Gasteiger partial charge in [-0.25, -0.2) is 15.0 Å². The van der Waals surface area contributed by atoms with E-state index in [4.69, 9.17) is 20.2 Å². The lowest BCUT2D eigenvalue weighted by Gasteiger charge is -2.10. The van der Waals surface area contributed by atoms with E-state index in [1.165, 1.54) is 11.9 Å². The number of nitrogens with two attached hydrogens (primary N) is 1. The smallest absolute Gasteiger partial charge is 0.231 e. The van der Waals surface area contributed by atoms with Crippen molar-refractivity contribution in [3.8, 4) is 11.5 Å². The normalized spacial score (nSPS) is 12.6. The molecule has 2 N–H and O–H groups in total. The van der Waals surface area contributed by atoms with E-state index in [0.29, 0.717) is 11.3 Å². The predicted octanol–water partition coefficient (Wildman–Crippen LogP) is 4.14. The molecule has 7 nitrogen and oxygen atoms in total. The molecule has 0 saturated carbocycles. The summed E-state index contributed by atoms with van der Waals surface area (Å²) in [7, 11) is 0. The van der Waals surface area contributed by atoms with Crippen molar-refractivity contribution in [2.45, 2.75) is 23.0 Å². The Bertz CT molecular complexity index is 1200. The van der Waals surface area contributed by atoms with Crippen molar-refractivity contribution in [1.29, 1.82) is 0 Å². The van der Waals surface area contributed by atoms with Crippen molar-refractivity contribution in [2.24, 2.45) is 0 Å². The van der Waals surface area contributed by atoms with Crippen LogP contribution in [0.4, 0.5) is 5.82 Å². The molecule has 0 fully saturated rings. The van der Waals surface area contributed by atoms with Gasteiger partial charge in [-0.05, 0) is 46.7 Å². The van der Waals surface area contributed by atoms with Gasteiger partial charge in [0.2, 0.25) is 6.79 Å². The van der Waals surface area contributed by atoms with E-state index >= 15 is 0 Å². The Balaban J connectivity index is 1.53. The summed E-state index contributed by atoms with van der Waals surface area (Å²) in [6.07, 6.45) is 2.35. The Kier molecular flexibility index (Phi) is 4.92. The van der Waals surface area contributed by atoms with Gasteiger partial charge in [-0.1, -0.05) is 42.1 Å². The first-order valence-electron chi connectivity index (χ1n) is 8.96. The van der Waals surface area contributed by atoms with Crippen LogP contribution in [-0.2, 0) is 13.0 Å². The van der Waals surface area contributed by atoms with Crippen molar-refractivity contribution < 1.29 is 9.47 Å². The number of benzene rings is 2. The molecule has 0 amide bonds. The number of nitrogens with zero attached hydrogens (tertiary/aromatic N) is 4. The fraction of sp³-hybridized carbons (Fsp3) is 0.150. The van der Waals surface area contributed by atoms with Crippen LogP contribution in [0.1, 0.15) is 5.56 Å². The maximum absolute atomic E-state index is 6.07. The predicted molar refractivity (Wildman–Crippen MR) is 119 cm³/mol. The van der Waals surface area contributed by atoms with Gasteiger partial charge in [-0.3, -0.25) is 0 Å². The van der Waals surface area contributed by atoms with Gasteiger partial charge in [0.25, 0.3) is 0 Å². The monoisotopic (exact) mass is 517 g/mol. The summed E-state index contributed by atoms with van der Waals surface area (Å²) < 4.78 is 14.2. The summed E-state index contributed by atoms with van der Waals surface area (Å²) in [6.45, 7) is 0.988. The number of imidazole rings is 1. The van der Waals surface area contributed by atoms with E-state index in [9.17, 15) is 0 Å². The SMILES string of the molecule is Nc1ncnc2c1nc(Sc1cc3c(cc1I)OCO3)n2CCc1ccccc1.